The van der Waals surface area contributed by atoms with Crippen LogP contribution in [-0.2, 0) is 33.8 Å². The van der Waals surface area contributed by atoms with Gasteiger partial charge in [-0.25, -0.2) is 14.0 Å². The molecule has 1 unspecified atom stereocenters. The van der Waals surface area contributed by atoms with Crippen molar-refractivity contribution in [1.29, 1.82) is 0 Å². The number of ether oxygens (including phenoxy) is 1. The summed E-state index contributed by atoms with van der Waals surface area (Å²) in [5, 5.41) is 2.41. The zero-order chi connectivity index (χ0) is 24.7. The smallest absolute Gasteiger partial charge is 0.374 e. The molecule has 1 heterocycles. The lowest BCUT2D eigenvalue weighted by atomic mass is 9.92. The zero-order valence-corrected chi connectivity index (χ0v) is 17.4. The molecule has 2 aromatic carbocycles. The molecule has 0 aromatic heterocycles. The first-order chi connectivity index (χ1) is 15.1. The highest BCUT2D eigenvalue weighted by Gasteiger charge is 2.49. The third-order valence-corrected chi connectivity index (χ3v) is 5.86. The van der Waals surface area contributed by atoms with Gasteiger partial charge in [0.25, 0.3) is 0 Å². The second-order valence-corrected chi connectivity index (χ2v) is 8.87. The van der Waals surface area contributed by atoms with Crippen molar-refractivity contribution in [2.75, 3.05) is 13.2 Å². The maximum absolute atomic E-state index is 13.0. The number of carbonyl (C=O) groups is 1. The monoisotopic (exact) mass is 498 g/mol. The molecule has 1 saturated heterocycles. The Morgan fingerprint density at radius 3 is 2.00 bits per heavy atom. The van der Waals surface area contributed by atoms with Crippen molar-refractivity contribution in [1.82, 2.24) is 9.99 Å². The first-order valence-electron chi connectivity index (χ1n) is 9.19. The Morgan fingerprint density at radius 2 is 1.55 bits per heavy atom. The lowest BCUT2D eigenvalue weighted by Crippen LogP contribution is -2.44. The van der Waals surface area contributed by atoms with Crippen LogP contribution in [0.3, 0.4) is 0 Å². The Balaban J connectivity index is 1.88. The first-order valence-corrected chi connectivity index (χ1v) is 10.8. The maximum Gasteiger partial charge on any atom is 0.433 e. The number of alkyl halides is 6. The summed E-state index contributed by atoms with van der Waals surface area (Å²) in [6.07, 6.45) is -10.0. The van der Waals surface area contributed by atoms with E-state index in [-0.39, 0.29) is 10.7 Å². The number of hydrogen-bond donors (Lipinski definition) is 3. The van der Waals surface area contributed by atoms with Gasteiger partial charge in [-0.15, -0.1) is 0 Å². The Morgan fingerprint density at radius 1 is 1.00 bits per heavy atom. The van der Waals surface area contributed by atoms with E-state index in [0.717, 1.165) is 0 Å². The summed E-state index contributed by atoms with van der Waals surface area (Å²) in [5.74, 6) is 0. The molecule has 7 nitrogen and oxygen atoms in total. The largest absolute Gasteiger partial charge is 0.433 e. The second kappa shape index (κ2) is 8.64. The Labute approximate surface area is 183 Å². The van der Waals surface area contributed by atoms with Crippen LogP contribution in [0.1, 0.15) is 22.3 Å². The van der Waals surface area contributed by atoms with Crippen LogP contribution in [0.2, 0.25) is 0 Å². The molecule has 0 aliphatic carbocycles. The van der Waals surface area contributed by atoms with Gasteiger partial charge in [-0.3, -0.25) is 0 Å². The lowest BCUT2D eigenvalue weighted by molar-refractivity contribution is -0.143. The van der Waals surface area contributed by atoms with Gasteiger partial charge in [0.1, 0.15) is 5.54 Å². The predicted molar refractivity (Wildman–Crippen MR) is 102 cm³/mol. The minimum atomic E-state index is -5.02. The van der Waals surface area contributed by atoms with E-state index < -0.39 is 68.1 Å². The summed E-state index contributed by atoms with van der Waals surface area (Å²) >= 11 is 0. The molecular formula is C19H17F6N2O5P. The van der Waals surface area contributed by atoms with Gasteiger partial charge in [0.15, 0.2) is 0 Å². The number of nitrogens with zero attached hydrogens (tertiary/aromatic N) is 1. The minimum Gasteiger partial charge on any atom is -0.374 e. The van der Waals surface area contributed by atoms with Crippen LogP contribution in [0.25, 0.3) is 0 Å². The van der Waals surface area contributed by atoms with Crippen molar-refractivity contribution in [3.8, 4) is 0 Å². The van der Waals surface area contributed by atoms with Crippen LogP contribution in [0, 0.1) is 0 Å². The van der Waals surface area contributed by atoms with Gasteiger partial charge < -0.3 is 19.8 Å². The molecule has 3 N–H and O–H groups in total. The van der Waals surface area contributed by atoms with E-state index in [1.54, 1.807) is 18.2 Å². The third-order valence-electron chi connectivity index (χ3n) is 4.91. The van der Waals surface area contributed by atoms with Gasteiger partial charge in [0, 0.05) is 0 Å². The van der Waals surface area contributed by atoms with Crippen molar-refractivity contribution >= 4 is 13.8 Å². The van der Waals surface area contributed by atoms with E-state index in [1.165, 1.54) is 12.1 Å². The highest BCUT2D eigenvalue weighted by atomic mass is 31.2. The van der Waals surface area contributed by atoms with Crippen LogP contribution in [-0.4, -0.2) is 33.6 Å². The van der Waals surface area contributed by atoms with E-state index in [9.17, 15) is 45.5 Å². The topological polar surface area (TPSA) is 99.1 Å². The molecule has 1 aliphatic rings. The minimum absolute atomic E-state index is 0.00986. The Bertz CT molecular complexity index is 1040. The number of carbonyl (C=O) groups excluding carboxylic acids is 1. The van der Waals surface area contributed by atoms with Crippen molar-refractivity contribution in [3.05, 3.63) is 70.8 Å². The number of rotatable bonds is 6. The maximum atomic E-state index is 13.0. The molecule has 14 heteroatoms. The molecule has 0 radical (unpaired) electrons. The van der Waals surface area contributed by atoms with E-state index in [2.05, 4.69) is 5.32 Å². The fourth-order valence-electron chi connectivity index (χ4n) is 3.38. The second-order valence-electron chi connectivity index (χ2n) is 7.36. The van der Waals surface area contributed by atoms with Gasteiger partial charge in [-0.1, -0.05) is 30.3 Å². The number of nitrogens with one attached hydrogen (secondary N) is 1. The van der Waals surface area contributed by atoms with Crippen LogP contribution in [0.4, 0.5) is 31.1 Å². The van der Waals surface area contributed by atoms with E-state index in [1.807, 2.05) is 0 Å². The third kappa shape index (κ3) is 5.67. The number of halogens is 6. The summed E-state index contributed by atoms with van der Waals surface area (Å²) in [7, 11) is -4.99. The quantitative estimate of drug-likeness (QED) is 0.409. The Hall–Kier alpha value is -2.60. The molecule has 3 rings (SSSR count). The van der Waals surface area contributed by atoms with Crippen LogP contribution in [0.15, 0.2) is 48.5 Å². The average molecular weight is 498 g/mol. The summed E-state index contributed by atoms with van der Waals surface area (Å²) < 4.78 is 95.6. The van der Waals surface area contributed by atoms with Gasteiger partial charge in [-0.05, 0) is 29.3 Å². The molecule has 0 saturated carbocycles. The van der Waals surface area contributed by atoms with Crippen molar-refractivity contribution < 1.29 is 50.2 Å². The van der Waals surface area contributed by atoms with Gasteiger partial charge in [0.05, 0.1) is 30.9 Å². The zero-order valence-electron chi connectivity index (χ0n) is 16.5. The van der Waals surface area contributed by atoms with Gasteiger partial charge in [0.2, 0.25) is 0 Å². The first kappa shape index (κ1) is 25.0. The van der Waals surface area contributed by atoms with E-state index in [0.29, 0.717) is 17.7 Å². The summed E-state index contributed by atoms with van der Waals surface area (Å²) in [5.41, 5.74) is -4.56. The summed E-state index contributed by atoms with van der Waals surface area (Å²) in [4.78, 5) is 31.0. The van der Waals surface area contributed by atoms with Gasteiger partial charge in [-0.2, -0.15) is 26.3 Å². The van der Waals surface area contributed by atoms with E-state index >= 15 is 0 Å². The average Bonchev–Trinajstić information content (AvgIpc) is 3.05. The molecule has 1 atom stereocenters. The molecule has 1 fully saturated rings. The summed E-state index contributed by atoms with van der Waals surface area (Å²) in [6.45, 7) is -1.72. The molecular weight excluding hydrogens is 481 g/mol. The highest BCUT2D eigenvalue weighted by molar-refractivity contribution is 7.50. The lowest BCUT2D eigenvalue weighted by Gasteiger charge is -2.29. The van der Waals surface area contributed by atoms with Crippen LogP contribution < -0.4 is 5.32 Å². The highest BCUT2D eigenvalue weighted by Crippen LogP contribution is 2.45. The normalized spacial score (nSPS) is 19.6. The van der Waals surface area contributed by atoms with Crippen molar-refractivity contribution in [2.45, 2.75) is 24.5 Å². The number of amides is 2. The van der Waals surface area contributed by atoms with Gasteiger partial charge >= 0.3 is 26.1 Å². The molecule has 2 amide bonds. The molecule has 0 spiro atoms. The SMILES string of the molecule is O=C1NC(COCc2cc(C(F)(F)F)cc(C(F)(F)F)c2)(c2ccccc2)CN1P(=O)(O)O. The standard InChI is InChI=1S/C19H17F6N2O5P/c20-18(21,22)14-6-12(7-15(8-14)19(23,24)25)9-32-11-17(13-4-2-1-3-5-13)10-27(16(28)26-17)33(29,30)31/h1-8H,9-11H2,(H,26,28)(H2,29,30,31). The fraction of sp³-hybridized carbons (Fsp3) is 0.316. The molecule has 1 aliphatic heterocycles. The fourth-order valence-corrected chi connectivity index (χ4v) is 4.09. The van der Waals surface area contributed by atoms with Crippen LogP contribution in [0.5, 0.6) is 0 Å². The summed E-state index contributed by atoms with van der Waals surface area (Å²) in [6, 6.07) is 7.75. The van der Waals surface area contributed by atoms with Crippen LogP contribution >= 0.6 is 7.75 Å². The molecule has 0 bridgehead atoms. The van der Waals surface area contributed by atoms with E-state index in [4.69, 9.17) is 4.74 Å². The predicted octanol–water partition coefficient (Wildman–Crippen LogP) is 4.25. The number of hydrogen-bond acceptors (Lipinski definition) is 3. The number of urea groups is 1. The molecule has 180 valence electrons. The number of benzene rings is 2. The van der Waals surface area contributed by atoms with Crippen molar-refractivity contribution in [3.63, 3.8) is 0 Å². The molecule has 2 aromatic rings. The molecule has 33 heavy (non-hydrogen) atoms. The Kier molecular flexibility index (Phi) is 6.55. The van der Waals surface area contributed by atoms with Crippen molar-refractivity contribution in [2.24, 2.45) is 0 Å².